The molecule has 1 atom stereocenters. The number of amides is 1. The second kappa shape index (κ2) is 12.3. The normalized spacial score (nSPS) is 15.9. The Kier molecular flexibility index (Phi) is 9.54. The van der Waals surface area contributed by atoms with Gasteiger partial charge in [-0.15, -0.1) is 0 Å². The number of carbonyl (C=O) groups excluding carboxylic acids is 1. The van der Waals surface area contributed by atoms with Crippen molar-refractivity contribution in [3.63, 3.8) is 0 Å². The summed E-state index contributed by atoms with van der Waals surface area (Å²) >= 11 is 0. The molecule has 1 aliphatic heterocycles. The number of piperidine rings is 1. The standard InChI is InChI=1S/C29H40F3N3O3/c1-19(2)15-20(3)18-37-25-8-7-21(16-24(25)29(30,31)32)22-9-12-33-26(17-22)34-23-10-13-35(14-11-23)27(36)38-28(4,5)6/h7-9,12,16-17,19-20,23H,10-11,13-15,18H2,1-6H3,(H,33,34)/t20-/m1/s1. The van der Waals surface area contributed by atoms with Crippen LogP contribution in [0.25, 0.3) is 11.1 Å². The zero-order valence-corrected chi connectivity index (χ0v) is 23.2. The minimum atomic E-state index is -4.54. The number of ether oxygens (including phenoxy) is 2. The first-order valence-corrected chi connectivity index (χ1v) is 13.3. The topological polar surface area (TPSA) is 63.7 Å². The van der Waals surface area contributed by atoms with E-state index in [2.05, 4.69) is 24.1 Å². The van der Waals surface area contributed by atoms with Crippen LogP contribution in [0, 0.1) is 11.8 Å². The molecular weight excluding hydrogens is 495 g/mol. The van der Waals surface area contributed by atoms with Crippen molar-refractivity contribution >= 4 is 11.9 Å². The molecule has 0 aliphatic carbocycles. The molecule has 1 aromatic carbocycles. The lowest BCUT2D eigenvalue weighted by Gasteiger charge is -2.33. The van der Waals surface area contributed by atoms with Gasteiger partial charge in [0.25, 0.3) is 0 Å². The van der Waals surface area contributed by atoms with Crippen LogP contribution in [0.3, 0.4) is 0 Å². The lowest BCUT2D eigenvalue weighted by Crippen LogP contribution is -2.44. The second-order valence-corrected chi connectivity index (χ2v) is 11.6. The van der Waals surface area contributed by atoms with Gasteiger partial charge in [-0.1, -0.05) is 26.8 Å². The van der Waals surface area contributed by atoms with Crippen LogP contribution in [0.5, 0.6) is 5.75 Å². The number of aromatic nitrogens is 1. The lowest BCUT2D eigenvalue weighted by molar-refractivity contribution is -0.139. The molecule has 1 aliphatic rings. The zero-order chi connectivity index (χ0) is 28.1. The molecule has 9 heteroatoms. The van der Waals surface area contributed by atoms with Crippen molar-refractivity contribution in [3.05, 3.63) is 42.1 Å². The minimum Gasteiger partial charge on any atom is -0.493 e. The molecule has 0 radical (unpaired) electrons. The lowest BCUT2D eigenvalue weighted by atomic mass is 9.99. The van der Waals surface area contributed by atoms with Crippen molar-refractivity contribution in [1.82, 2.24) is 9.88 Å². The Morgan fingerprint density at radius 2 is 1.74 bits per heavy atom. The van der Waals surface area contributed by atoms with Crippen molar-refractivity contribution in [2.24, 2.45) is 11.8 Å². The van der Waals surface area contributed by atoms with Crippen molar-refractivity contribution in [2.45, 2.75) is 78.6 Å². The molecule has 1 fully saturated rings. The molecule has 1 N–H and O–H groups in total. The van der Waals surface area contributed by atoms with Crippen LogP contribution >= 0.6 is 0 Å². The maximum absolute atomic E-state index is 13.9. The Balaban J connectivity index is 1.68. The van der Waals surface area contributed by atoms with E-state index in [1.165, 1.54) is 6.07 Å². The third-order valence-corrected chi connectivity index (χ3v) is 6.27. The Bertz CT molecular complexity index is 1070. The summed E-state index contributed by atoms with van der Waals surface area (Å²) in [4.78, 5) is 18.4. The van der Waals surface area contributed by atoms with E-state index < -0.39 is 17.3 Å². The fraction of sp³-hybridized carbons (Fsp3) is 0.586. The van der Waals surface area contributed by atoms with Gasteiger partial charge in [-0.05, 0) is 87.3 Å². The van der Waals surface area contributed by atoms with E-state index in [-0.39, 0.29) is 30.4 Å². The summed E-state index contributed by atoms with van der Waals surface area (Å²) in [6.07, 6.45) is -0.971. The van der Waals surface area contributed by atoms with Crippen LogP contribution < -0.4 is 10.1 Å². The molecule has 0 unspecified atom stereocenters. The summed E-state index contributed by atoms with van der Waals surface area (Å²) in [5, 5.41) is 3.37. The van der Waals surface area contributed by atoms with E-state index >= 15 is 0 Å². The van der Waals surface area contributed by atoms with Gasteiger partial charge in [-0.25, -0.2) is 9.78 Å². The molecule has 0 bridgehead atoms. The summed E-state index contributed by atoms with van der Waals surface area (Å²) in [5.74, 6) is 1.03. The predicted octanol–water partition coefficient (Wildman–Crippen LogP) is 7.64. The summed E-state index contributed by atoms with van der Waals surface area (Å²) in [6.45, 7) is 13.0. The summed E-state index contributed by atoms with van der Waals surface area (Å²) in [7, 11) is 0. The number of hydrogen-bond donors (Lipinski definition) is 1. The van der Waals surface area contributed by atoms with Crippen LogP contribution in [-0.4, -0.2) is 47.3 Å². The molecule has 1 amide bonds. The van der Waals surface area contributed by atoms with Crippen molar-refractivity contribution in [3.8, 4) is 16.9 Å². The van der Waals surface area contributed by atoms with E-state index in [4.69, 9.17) is 9.47 Å². The third-order valence-electron chi connectivity index (χ3n) is 6.27. The highest BCUT2D eigenvalue weighted by molar-refractivity contribution is 5.69. The number of carbonyl (C=O) groups is 1. The van der Waals surface area contributed by atoms with Crippen LogP contribution in [0.2, 0.25) is 0 Å². The van der Waals surface area contributed by atoms with E-state index in [0.717, 1.165) is 12.5 Å². The first-order chi connectivity index (χ1) is 17.7. The fourth-order valence-corrected chi connectivity index (χ4v) is 4.59. The number of rotatable bonds is 8. The highest BCUT2D eigenvalue weighted by Gasteiger charge is 2.35. The first kappa shape index (κ1) is 29.6. The Labute approximate surface area is 223 Å². The molecule has 2 heterocycles. The van der Waals surface area contributed by atoms with Gasteiger partial charge in [0.2, 0.25) is 0 Å². The average Bonchev–Trinajstić information content (AvgIpc) is 2.81. The highest BCUT2D eigenvalue weighted by Crippen LogP contribution is 2.39. The van der Waals surface area contributed by atoms with Gasteiger partial charge < -0.3 is 19.7 Å². The average molecular weight is 536 g/mol. The number of nitrogens with one attached hydrogen (secondary N) is 1. The largest absolute Gasteiger partial charge is 0.493 e. The minimum absolute atomic E-state index is 0.0887. The molecule has 38 heavy (non-hydrogen) atoms. The fourth-order valence-electron chi connectivity index (χ4n) is 4.59. The van der Waals surface area contributed by atoms with E-state index in [0.29, 0.717) is 48.8 Å². The maximum atomic E-state index is 13.9. The highest BCUT2D eigenvalue weighted by atomic mass is 19.4. The van der Waals surface area contributed by atoms with Crippen molar-refractivity contribution in [1.29, 1.82) is 0 Å². The van der Waals surface area contributed by atoms with Gasteiger partial charge in [0, 0.05) is 25.3 Å². The molecule has 3 rings (SSSR count). The van der Waals surface area contributed by atoms with Gasteiger partial charge in [0.15, 0.2) is 0 Å². The first-order valence-electron chi connectivity index (χ1n) is 13.3. The number of halogens is 3. The molecule has 0 spiro atoms. The molecular formula is C29H40F3N3O3. The molecule has 1 saturated heterocycles. The van der Waals surface area contributed by atoms with Crippen molar-refractivity contribution < 1.29 is 27.4 Å². The van der Waals surface area contributed by atoms with Gasteiger partial charge in [-0.3, -0.25) is 0 Å². The molecule has 1 aromatic heterocycles. The monoisotopic (exact) mass is 535 g/mol. The van der Waals surface area contributed by atoms with Crippen LogP contribution in [-0.2, 0) is 10.9 Å². The molecule has 210 valence electrons. The Hall–Kier alpha value is -2.97. The zero-order valence-electron chi connectivity index (χ0n) is 23.2. The maximum Gasteiger partial charge on any atom is 0.419 e. The van der Waals surface area contributed by atoms with Gasteiger partial charge in [0.05, 0.1) is 12.2 Å². The molecule has 0 saturated carbocycles. The molecule has 2 aromatic rings. The number of benzene rings is 1. The smallest absolute Gasteiger partial charge is 0.419 e. The number of pyridine rings is 1. The molecule has 6 nitrogen and oxygen atoms in total. The van der Waals surface area contributed by atoms with Crippen molar-refractivity contribution in [2.75, 3.05) is 25.0 Å². The summed E-state index contributed by atoms with van der Waals surface area (Å²) in [6, 6.07) is 7.72. The quantitative estimate of drug-likeness (QED) is 0.376. The van der Waals surface area contributed by atoms with Crippen LogP contribution in [0.1, 0.15) is 66.4 Å². The Morgan fingerprint density at radius 1 is 1.08 bits per heavy atom. The van der Waals surface area contributed by atoms with Crippen LogP contribution in [0.15, 0.2) is 36.5 Å². The van der Waals surface area contributed by atoms with Gasteiger partial charge in [-0.2, -0.15) is 13.2 Å². The number of alkyl halides is 3. The van der Waals surface area contributed by atoms with E-state index in [1.54, 1.807) is 29.3 Å². The van der Waals surface area contributed by atoms with E-state index in [9.17, 15) is 18.0 Å². The SMILES string of the molecule is CC(C)C[C@@H](C)COc1ccc(-c2ccnc(NC3CCN(C(=O)OC(C)(C)C)CC3)c2)cc1C(F)(F)F. The number of likely N-dealkylation sites (tertiary alicyclic amines) is 1. The van der Waals surface area contributed by atoms with Gasteiger partial charge in [0.1, 0.15) is 17.2 Å². The number of anilines is 1. The number of nitrogens with zero attached hydrogens (tertiary/aromatic N) is 2. The number of hydrogen-bond acceptors (Lipinski definition) is 5. The van der Waals surface area contributed by atoms with Gasteiger partial charge >= 0.3 is 12.3 Å². The predicted molar refractivity (Wildman–Crippen MR) is 143 cm³/mol. The van der Waals surface area contributed by atoms with Crippen LogP contribution in [0.4, 0.5) is 23.8 Å². The van der Waals surface area contributed by atoms with E-state index in [1.807, 2.05) is 27.7 Å². The summed E-state index contributed by atoms with van der Waals surface area (Å²) in [5.41, 5.74) is -0.268. The second-order valence-electron chi connectivity index (χ2n) is 11.6. The summed E-state index contributed by atoms with van der Waals surface area (Å²) < 4.78 is 52.8. The third kappa shape index (κ3) is 8.81. The Morgan fingerprint density at radius 3 is 2.34 bits per heavy atom.